The topological polar surface area (TPSA) is 60.9 Å². The van der Waals surface area contributed by atoms with Gasteiger partial charge in [0.2, 0.25) is 0 Å². The number of methoxy groups -OCH3 is 1. The van der Waals surface area contributed by atoms with Crippen molar-refractivity contribution in [3.8, 4) is 5.75 Å². The van der Waals surface area contributed by atoms with E-state index in [9.17, 15) is 4.79 Å². The van der Waals surface area contributed by atoms with Gasteiger partial charge < -0.3 is 18.8 Å². The molecule has 0 unspecified atom stereocenters. The molecule has 0 bridgehead atoms. The van der Waals surface area contributed by atoms with Crippen LogP contribution in [0, 0.1) is 0 Å². The molecule has 1 spiro atoms. The van der Waals surface area contributed by atoms with Crippen molar-refractivity contribution < 1.29 is 18.7 Å². The van der Waals surface area contributed by atoms with Crippen molar-refractivity contribution in [1.29, 1.82) is 0 Å². The molecule has 2 aliphatic rings. The monoisotopic (exact) mass is 430 g/mol. The number of carbonyl (C=O) groups excluding carboxylic acids is 1. The molecule has 6 nitrogen and oxygen atoms in total. The van der Waals surface area contributed by atoms with Gasteiger partial charge in [0.1, 0.15) is 22.9 Å². The molecule has 1 fully saturated rings. The second-order valence-corrected chi connectivity index (χ2v) is 13.6. The molecule has 1 aromatic heterocycles. The minimum atomic E-state index is -1.93. The van der Waals surface area contributed by atoms with E-state index in [1.54, 1.807) is 24.6 Å². The van der Waals surface area contributed by atoms with Gasteiger partial charge in [0.05, 0.1) is 13.7 Å². The first-order valence-corrected chi connectivity index (χ1v) is 14.0. The third-order valence-electron chi connectivity index (χ3n) is 5.17. The number of aromatic nitrogens is 1. The molecule has 3 atom stereocenters. The number of amides is 1. The maximum atomic E-state index is 13.4. The molecule has 0 saturated carbocycles. The lowest BCUT2D eigenvalue weighted by molar-refractivity contribution is -0.171. The summed E-state index contributed by atoms with van der Waals surface area (Å²) in [6.07, 6.45) is 5.98. The van der Waals surface area contributed by atoms with Crippen LogP contribution >= 0.6 is 11.3 Å². The Kier molecular flexibility index (Phi) is 5.37. The first kappa shape index (κ1) is 20.3. The van der Waals surface area contributed by atoms with Gasteiger partial charge in [-0.2, -0.15) is 0 Å². The van der Waals surface area contributed by atoms with Crippen molar-refractivity contribution in [1.82, 2.24) is 4.98 Å². The fourth-order valence-corrected chi connectivity index (χ4v) is 5.72. The van der Waals surface area contributed by atoms with E-state index >= 15 is 0 Å². The van der Waals surface area contributed by atoms with Crippen LogP contribution in [-0.2, 0) is 14.0 Å². The number of nitrogens with zero attached hydrogens (tertiary/aromatic N) is 2. The second kappa shape index (κ2) is 7.68. The molecular weight excluding hydrogens is 404 g/mol. The van der Waals surface area contributed by atoms with E-state index in [1.165, 1.54) is 0 Å². The normalized spacial score (nSPS) is 25.2. The molecular formula is C21H26N2O4SSi. The molecule has 1 saturated heterocycles. The van der Waals surface area contributed by atoms with E-state index in [2.05, 4.69) is 24.6 Å². The third kappa shape index (κ3) is 3.66. The summed E-state index contributed by atoms with van der Waals surface area (Å²) in [5.74, 6) is 0.720. The maximum absolute atomic E-state index is 13.4. The molecule has 3 heterocycles. The summed E-state index contributed by atoms with van der Waals surface area (Å²) < 4.78 is 18.0. The van der Waals surface area contributed by atoms with E-state index in [1.807, 2.05) is 46.7 Å². The van der Waals surface area contributed by atoms with E-state index in [4.69, 9.17) is 13.9 Å². The number of ether oxygens (including phenoxy) is 2. The van der Waals surface area contributed by atoms with Gasteiger partial charge in [-0.1, -0.05) is 12.2 Å². The van der Waals surface area contributed by atoms with Gasteiger partial charge in [-0.05, 0) is 43.9 Å². The molecule has 29 heavy (non-hydrogen) atoms. The summed E-state index contributed by atoms with van der Waals surface area (Å²) in [7, 11) is -0.305. The number of rotatable bonds is 6. The van der Waals surface area contributed by atoms with Crippen LogP contribution in [0.2, 0.25) is 19.6 Å². The number of hydrogen-bond donors (Lipinski definition) is 0. The molecule has 8 heteroatoms. The van der Waals surface area contributed by atoms with E-state index in [-0.39, 0.29) is 18.1 Å². The Morgan fingerprint density at radius 3 is 2.59 bits per heavy atom. The third-order valence-corrected chi connectivity index (χ3v) is 6.97. The summed E-state index contributed by atoms with van der Waals surface area (Å²) >= 11 is 1.56. The zero-order valence-electron chi connectivity index (χ0n) is 17.1. The number of β-lactam (4-membered cyclic amide) rings is 1. The van der Waals surface area contributed by atoms with Gasteiger partial charge in [-0.25, -0.2) is 4.98 Å². The van der Waals surface area contributed by atoms with Gasteiger partial charge in [0.25, 0.3) is 5.91 Å². The second-order valence-electron chi connectivity index (χ2n) is 8.22. The molecule has 0 aliphatic carbocycles. The summed E-state index contributed by atoms with van der Waals surface area (Å²) in [6.45, 7) is 6.89. The Hall–Kier alpha value is -2.00. The number of carbonyl (C=O) groups is 1. The van der Waals surface area contributed by atoms with Gasteiger partial charge in [-0.3, -0.25) is 4.79 Å². The zero-order valence-corrected chi connectivity index (χ0v) is 18.9. The average molecular weight is 431 g/mol. The molecule has 1 amide bonds. The van der Waals surface area contributed by atoms with Crippen molar-refractivity contribution in [2.75, 3.05) is 18.6 Å². The van der Waals surface area contributed by atoms with Crippen LogP contribution in [-0.4, -0.2) is 44.6 Å². The number of anilines is 1. The van der Waals surface area contributed by atoms with Crippen LogP contribution in [0.4, 0.5) is 5.69 Å². The Balaban J connectivity index is 1.78. The lowest BCUT2D eigenvalue weighted by atomic mass is 9.75. The highest BCUT2D eigenvalue weighted by molar-refractivity contribution is 7.09. The molecule has 2 aliphatic heterocycles. The minimum absolute atomic E-state index is 0.0299. The predicted molar refractivity (Wildman–Crippen MR) is 116 cm³/mol. The largest absolute Gasteiger partial charge is 0.497 e. The summed E-state index contributed by atoms with van der Waals surface area (Å²) in [5, 5.41) is 2.82. The van der Waals surface area contributed by atoms with Crippen LogP contribution in [0.15, 0.2) is 48.0 Å². The van der Waals surface area contributed by atoms with E-state index in [0.29, 0.717) is 13.0 Å². The highest BCUT2D eigenvalue weighted by Gasteiger charge is 2.66. The van der Waals surface area contributed by atoms with Crippen LogP contribution in [0.3, 0.4) is 0 Å². The Labute approximate surface area is 176 Å². The fraction of sp³-hybridized carbons (Fsp3) is 0.429. The summed E-state index contributed by atoms with van der Waals surface area (Å²) in [5.41, 5.74) is -0.102. The van der Waals surface area contributed by atoms with E-state index < -0.39 is 13.9 Å². The predicted octanol–water partition coefficient (Wildman–Crippen LogP) is 4.18. The lowest BCUT2D eigenvalue weighted by Gasteiger charge is -2.58. The van der Waals surface area contributed by atoms with Gasteiger partial charge in [0.15, 0.2) is 13.9 Å². The van der Waals surface area contributed by atoms with Gasteiger partial charge in [-0.15, -0.1) is 11.3 Å². The van der Waals surface area contributed by atoms with Gasteiger partial charge in [0, 0.05) is 23.7 Å². The van der Waals surface area contributed by atoms with Crippen LogP contribution in [0.5, 0.6) is 5.75 Å². The highest BCUT2D eigenvalue weighted by Crippen LogP contribution is 2.49. The minimum Gasteiger partial charge on any atom is -0.497 e. The van der Waals surface area contributed by atoms with Gasteiger partial charge >= 0.3 is 0 Å². The average Bonchev–Trinajstić information content (AvgIpc) is 3.25. The van der Waals surface area contributed by atoms with E-state index in [0.717, 1.165) is 16.4 Å². The molecule has 4 rings (SSSR count). The molecule has 154 valence electrons. The van der Waals surface area contributed by atoms with Crippen molar-refractivity contribution in [3.05, 3.63) is 53.0 Å². The van der Waals surface area contributed by atoms with Crippen molar-refractivity contribution in [3.63, 3.8) is 0 Å². The maximum Gasteiger partial charge on any atom is 0.262 e. The summed E-state index contributed by atoms with van der Waals surface area (Å²) in [6, 6.07) is 7.26. The smallest absolute Gasteiger partial charge is 0.262 e. The van der Waals surface area contributed by atoms with Crippen LogP contribution in [0.1, 0.15) is 17.5 Å². The number of hydrogen-bond acceptors (Lipinski definition) is 6. The fourth-order valence-electron chi connectivity index (χ4n) is 3.94. The molecule has 1 aromatic carbocycles. The standard InChI is InChI=1S/C21H26N2O4SSi/c1-25-16-9-7-15(8-10-16)23-18(21(20(23)24)11-5-6-13-26-21)17(27-29(2,3)4)19-22-12-14-28-19/h5-10,12,14,17-18H,11,13H2,1-4H3/t17-,18-,21+/m0/s1. The quantitative estimate of drug-likeness (QED) is 0.391. The Morgan fingerprint density at radius 2 is 2.03 bits per heavy atom. The number of benzene rings is 1. The highest BCUT2D eigenvalue weighted by atomic mass is 32.1. The number of thiazole rings is 1. The zero-order chi connectivity index (χ0) is 20.6. The first-order valence-electron chi connectivity index (χ1n) is 9.69. The van der Waals surface area contributed by atoms with Crippen molar-refractivity contribution >= 4 is 31.2 Å². The SMILES string of the molecule is COc1ccc(N2C(=O)[C@@]3(CC=CCO3)[C@@H]2[C@H](O[Si](C)(C)C)c2nccs2)cc1. The molecule has 0 N–H and O–H groups in total. The Bertz CT molecular complexity index is 894. The van der Waals surface area contributed by atoms with Crippen molar-refractivity contribution in [2.45, 2.75) is 43.8 Å². The van der Waals surface area contributed by atoms with Crippen LogP contribution < -0.4 is 9.64 Å². The summed E-state index contributed by atoms with van der Waals surface area (Å²) in [4.78, 5) is 19.8. The molecule has 0 radical (unpaired) electrons. The van der Waals surface area contributed by atoms with Crippen LogP contribution in [0.25, 0.3) is 0 Å². The molecule has 2 aromatic rings. The Morgan fingerprint density at radius 1 is 1.28 bits per heavy atom. The lowest BCUT2D eigenvalue weighted by Crippen LogP contribution is -2.77. The first-order chi connectivity index (χ1) is 13.9. The van der Waals surface area contributed by atoms with Crippen molar-refractivity contribution in [2.24, 2.45) is 0 Å².